The van der Waals surface area contributed by atoms with Gasteiger partial charge in [-0.2, -0.15) is 0 Å². The van der Waals surface area contributed by atoms with Crippen molar-refractivity contribution in [2.45, 2.75) is 20.3 Å². The van der Waals surface area contributed by atoms with E-state index in [0.29, 0.717) is 0 Å². The van der Waals surface area contributed by atoms with Crippen LogP contribution in [0.15, 0.2) is 0 Å². The summed E-state index contributed by atoms with van der Waals surface area (Å²) in [6, 6.07) is 0. The van der Waals surface area contributed by atoms with Gasteiger partial charge in [-0.3, -0.25) is 14.4 Å². The highest BCUT2D eigenvalue weighted by atomic mass is 16.5. The maximum Gasteiger partial charge on any atom is 0.323 e. The Morgan fingerprint density at radius 3 is 2.08 bits per heavy atom. The summed E-state index contributed by atoms with van der Waals surface area (Å²) < 4.78 is 4.32. The zero-order chi connectivity index (χ0) is 9.72. The van der Waals surface area contributed by atoms with Gasteiger partial charge >= 0.3 is 5.97 Å². The van der Waals surface area contributed by atoms with Crippen LogP contribution in [0.3, 0.4) is 0 Å². The molecule has 0 aliphatic heterocycles. The van der Waals surface area contributed by atoms with E-state index in [-0.39, 0.29) is 6.42 Å². The van der Waals surface area contributed by atoms with Gasteiger partial charge in [-0.25, -0.2) is 0 Å². The van der Waals surface area contributed by atoms with Gasteiger partial charge in [0.25, 0.3) is 0 Å². The minimum absolute atomic E-state index is 0.166. The minimum Gasteiger partial charge on any atom is -0.468 e. The van der Waals surface area contributed by atoms with Gasteiger partial charge in [-0.15, -0.1) is 0 Å². The number of rotatable bonds is 4. The van der Waals surface area contributed by atoms with Crippen molar-refractivity contribution >= 4 is 17.5 Å². The molecule has 0 aliphatic carbocycles. The molecule has 0 saturated heterocycles. The average Bonchev–Trinajstić information content (AvgIpc) is 2.03. The Balaban J connectivity index is 4.55. The Morgan fingerprint density at radius 1 is 1.33 bits per heavy atom. The van der Waals surface area contributed by atoms with E-state index in [2.05, 4.69) is 4.74 Å². The van der Waals surface area contributed by atoms with Crippen LogP contribution in [0.1, 0.15) is 20.3 Å². The molecule has 68 valence electrons. The molecule has 4 nitrogen and oxygen atoms in total. The van der Waals surface area contributed by atoms with Crippen molar-refractivity contribution < 1.29 is 19.1 Å². The lowest BCUT2D eigenvalue weighted by Gasteiger charge is -2.07. The first-order chi connectivity index (χ1) is 5.54. The zero-order valence-corrected chi connectivity index (χ0v) is 7.42. The molecular weight excluding hydrogens is 160 g/mol. The standard InChI is InChI=1S/C8H12O4/c1-4-6(10)7(5(2)9)8(11)12-3/h7H,4H2,1-3H3. The van der Waals surface area contributed by atoms with Crippen LogP contribution < -0.4 is 0 Å². The molecule has 1 atom stereocenters. The van der Waals surface area contributed by atoms with Crippen LogP contribution in [0.4, 0.5) is 0 Å². The zero-order valence-electron chi connectivity index (χ0n) is 7.42. The van der Waals surface area contributed by atoms with Crippen LogP contribution in [-0.2, 0) is 19.1 Å². The molecule has 0 rings (SSSR count). The average molecular weight is 172 g/mol. The summed E-state index contributed by atoms with van der Waals surface area (Å²) in [5.41, 5.74) is 0. The summed E-state index contributed by atoms with van der Waals surface area (Å²) in [6.45, 7) is 2.80. The van der Waals surface area contributed by atoms with Gasteiger partial charge in [0.1, 0.15) is 0 Å². The van der Waals surface area contributed by atoms with E-state index in [0.717, 1.165) is 7.11 Å². The molecule has 0 spiro atoms. The third kappa shape index (κ3) is 2.45. The first-order valence-electron chi connectivity index (χ1n) is 3.65. The molecule has 0 heterocycles. The molecule has 0 N–H and O–H groups in total. The van der Waals surface area contributed by atoms with Gasteiger partial charge in [0.05, 0.1) is 7.11 Å². The number of esters is 1. The van der Waals surface area contributed by atoms with Crippen LogP contribution >= 0.6 is 0 Å². The Bertz CT molecular complexity index is 191. The Morgan fingerprint density at radius 2 is 1.83 bits per heavy atom. The summed E-state index contributed by atoms with van der Waals surface area (Å²) in [5.74, 6) is -2.85. The van der Waals surface area contributed by atoms with E-state index in [4.69, 9.17) is 0 Å². The van der Waals surface area contributed by atoms with Gasteiger partial charge < -0.3 is 4.74 Å². The Hall–Kier alpha value is -1.19. The van der Waals surface area contributed by atoms with Crippen molar-refractivity contribution in [2.75, 3.05) is 7.11 Å². The summed E-state index contributed by atoms with van der Waals surface area (Å²) in [7, 11) is 1.15. The largest absolute Gasteiger partial charge is 0.468 e. The van der Waals surface area contributed by atoms with Crippen LogP contribution in [0.25, 0.3) is 0 Å². The predicted octanol–water partition coefficient (Wildman–Crippen LogP) is 0.344. The number of Topliss-reactive ketones (excluding diaryl/α,β-unsaturated/α-hetero) is 2. The number of ether oxygens (including phenoxy) is 1. The van der Waals surface area contributed by atoms with E-state index < -0.39 is 23.5 Å². The van der Waals surface area contributed by atoms with E-state index >= 15 is 0 Å². The molecule has 0 aliphatic rings. The number of hydrogen-bond donors (Lipinski definition) is 0. The lowest BCUT2D eigenvalue weighted by atomic mass is 9.98. The van der Waals surface area contributed by atoms with Crippen molar-refractivity contribution in [1.29, 1.82) is 0 Å². The van der Waals surface area contributed by atoms with Crippen molar-refractivity contribution in [2.24, 2.45) is 5.92 Å². The molecular formula is C8H12O4. The van der Waals surface area contributed by atoms with Gasteiger partial charge in [0.15, 0.2) is 17.5 Å². The third-order valence-corrected chi connectivity index (χ3v) is 1.51. The van der Waals surface area contributed by atoms with Gasteiger partial charge in [0.2, 0.25) is 0 Å². The maximum absolute atomic E-state index is 11.0. The summed E-state index contributed by atoms with van der Waals surface area (Å²) >= 11 is 0. The highest BCUT2D eigenvalue weighted by molar-refractivity contribution is 6.16. The number of carbonyl (C=O) groups excluding carboxylic acids is 3. The van der Waals surface area contributed by atoms with Gasteiger partial charge in [-0.1, -0.05) is 6.92 Å². The summed E-state index contributed by atoms with van der Waals surface area (Å²) in [4.78, 5) is 32.7. The van der Waals surface area contributed by atoms with Crippen LogP contribution in [0.5, 0.6) is 0 Å². The van der Waals surface area contributed by atoms with E-state index in [1.165, 1.54) is 6.92 Å². The SMILES string of the molecule is CCC(=O)C(C(C)=O)C(=O)OC. The van der Waals surface area contributed by atoms with E-state index in [9.17, 15) is 14.4 Å². The first kappa shape index (κ1) is 10.8. The summed E-state index contributed by atoms with van der Waals surface area (Å²) in [5, 5.41) is 0. The number of methoxy groups -OCH3 is 1. The minimum atomic E-state index is -1.22. The molecule has 1 unspecified atom stereocenters. The number of hydrogen-bond acceptors (Lipinski definition) is 4. The van der Waals surface area contributed by atoms with Crippen molar-refractivity contribution in [3.8, 4) is 0 Å². The van der Waals surface area contributed by atoms with Crippen molar-refractivity contribution in [1.82, 2.24) is 0 Å². The predicted molar refractivity (Wildman–Crippen MR) is 41.5 cm³/mol. The Labute approximate surface area is 70.9 Å². The van der Waals surface area contributed by atoms with Crippen LogP contribution in [0, 0.1) is 5.92 Å². The van der Waals surface area contributed by atoms with Gasteiger partial charge in [-0.05, 0) is 6.92 Å². The molecule has 4 heteroatoms. The van der Waals surface area contributed by atoms with Crippen molar-refractivity contribution in [3.63, 3.8) is 0 Å². The number of ketones is 2. The third-order valence-electron chi connectivity index (χ3n) is 1.51. The highest BCUT2D eigenvalue weighted by Gasteiger charge is 2.30. The highest BCUT2D eigenvalue weighted by Crippen LogP contribution is 2.05. The fourth-order valence-corrected chi connectivity index (χ4v) is 0.846. The monoisotopic (exact) mass is 172 g/mol. The maximum atomic E-state index is 11.0. The smallest absolute Gasteiger partial charge is 0.323 e. The number of carbonyl (C=O) groups is 3. The fraction of sp³-hybridized carbons (Fsp3) is 0.625. The molecule has 12 heavy (non-hydrogen) atoms. The molecule has 0 aromatic heterocycles. The second kappa shape index (κ2) is 4.64. The molecule has 0 amide bonds. The second-order valence-corrected chi connectivity index (χ2v) is 2.39. The molecule has 0 bridgehead atoms. The fourth-order valence-electron chi connectivity index (χ4n) is 0.846. The van der Waals surface area contributed by atoms with E-state index in [1.54, 1.807) is 6.92 Å². The molecule has 0 aromatic carbocycles. The summed E-state index contributed by atoms with van der Waals surface area (Å²) in [6.07, 6.45) is 0.166. The van der Waals surface area contributed by atoms with Crippen LogP contribution in [-0.4, -0.2) is 24.6 Å². The molecule has 0 fully saturated rings. The normalized spacial score (nSPS) is 11.9. The van der Waals surface area contributed by atoms with E-state index in [1.807, 2.05) is 0 Å². The quantitative estimate of drug-likeness (QED) is 0.453. The van der Waals surface area contributed by atoms with Gasteiger partial charge in [0, 0.05) is 6.42 Å². The molecule has 0 saturated carbocycles. The topological polar surface area (TPSA) is 60.4 Å². The lowest BCUT2D eigenvalue weighted by Crippen LogP contribution is -2.30. The molecule has 0 aromatic rings. The van der Waals surface area contributed by atoms with Crippen molar-refractivity contribution in [3.05, 3.63) is 0 Å². The van der Waals surface area contributed by atoms with Crippen LogP contribution in [0.2, 0.25) is 0 Å². The first-order valence-corrected chi connectivity index (χ1v) is 3.65. The Kier molecular flexibility index (Phi) is 4.18. The molecule has 0 radical (unpaired) electrons. The second-order valence-electron chi connectivity index (χ2n) is 2.39. The lowest BCUT2D eigenvalue weighted by molar-refractivity contribution is -0.152.